The smallest absolute Gasteiger partial charge is 0.135 e. The summed E-state index contributed by atoms with van der Waals surface area (Å²) in [4.78, 5) is 2.57. The second-order valence-corrected chi connectivity index (χ2v) is 12.6. The molecule has 0 fully saturated rings. The van der Waals surface area contributed by atoms with Gasteiger partial charge in [-0.2, -0.15) is 0 Å². The Morgan fingerprint density at radius 3 is 1.63 bits per heavy atom. The minimum atomic E-state index is 0.910. The predicted octanol–water partition coefficient (Wildman–Crippen LogP) is 13.1. The quantitative estimate of drug-likeness (QED) is 0.190. The van der Waals surface area contributed by atoms with E-state index in [0.29, 0.717) is 0 Å². The molecule has 0 bridgehead atoms. The van der Waals surface area contributed by atoms with Crippen molar-refractivity contribution in [2.24, 2.45) is 0 Å². The molecule has 7 aromatic carbocycles. The Labute approximate surface area is 271 Å². The van der Waals surface area contributed by atoms with Gasteiger partial charge in [-0.25, -0.2) is 0 Å². The molecule has 46 heavy (non-hydrogen) atoms. The molecule has 0 saturated carbocycles. The summed E-state index contributed by atoms with van der Waals surface area (Å²) in [5.74, 6) is 0. The Hall–Kier alpha value is -5.70. The van der Waals surface area contributed by atoms with Crippen molar-refractivity contribution in [1.82, 2.24) is 0 Å². The number of benzene rings is 7. The van der Waals surface area contributed by atoms with Gasteiger partial charge in [0, 0.05) is 42.4 Å². The Morgan fingerprint density at radius 2 is 0.870 bits per heavy atom. The lowest BCUT2D eigenvalue weighted by atomic mass is 9.88. The molecule has 0 unspecified atom stereocenters. The van der Waals surface area contributed by atoms with Crippen molar-refractivity contribution in [1.29, 1.82) is 0 Å². The van der Waals surface area contributed by atoms with E-state index in [4.69, 9.17) is 4.42 Å². The first kappa shape index (κ1) is 26.7. The van der Waals surface area contributed by atoms with Crippen LogP contribution in [0.3, 0.4) is 0 Å². The largest absolute Gasteiger partial charge is 0.456 e. The Bertz CT molecular complexity index is 2520. The first-order chi connectivity index (χ1) is 22.8. The molecule has 0 aliphatic heterocycles. The second kappa shape index (κ2) is 11.0. The van der Waals surface area contributed by atoms with Crippen LogP contribution in [0.15, 0.2) is 174 Å². The SMILES string of the molecule is c1ccc(-c2ccccc2-c2sc(-c3cccc(-c4ccc5oc6ccccc6c5c4)c3-c3ccccc3)c3ccccc23)cc1. The summed E-state index contributed by atoms with van der Waals surface area (Å²) in [5.41, 5.74) is 11.6. The molecule has 0 atom stereocenters. The van der Waals surface area contributed by atoms with E-state index in [-0.39, 0.29) is 0 Å². The van der Waals surface area contributed by atoms with Crippen molar-refractivity contribution >= 4 is 44.0 Å². The average molecular weight is 605 g/mol. The number of hydrogen-bond donors (Lipinski definition) is 0. The van der Waals surface area contributed by atoms with Gasteiger partial charge in [0.05, 0.1) is 0 Å². The van der Waals surface area contributed by atoms with E-state index in [1.807, 2.05) is 23.5 Å². The summed E-state index contributed by atoms with van der Waals surface area (Å²) in [6.45, 7) is 0. The minimum Gasteiger partial charge on any atom is -0.456 e. The molecule has 0 aliphatic rings. The van der Waals surface area contributed by atoms with Gasteiger partial charge in [0.2, 0.25) is 0 Å². The molecule has 1 nitrogen and oxygen atoms in total. The topological polar surface area (TPSA) is 13.1 Å². The zero-order valence-electron chi connectivity index (χ0n) is 25.0. The summed E-state index contributed by atoms with van der Waals surface area (Å²) in [6, 6.07) is 60.9. The third kappa shape index (κ3) is 4.38. The van der Waals surface area contributed by atoms with Crippen LogP contribution in [0.5, 0.6) is 0 Å². The molecule has 0 N–H and O–H groups in total. The van der Waals surface area contributed by atoms with E-state index < -0.39 is 0 Å². The van der Waals surface area contributed by atoms with Crippen LogP contribution in [0.25, 0.3) is 87.0 Å². The highest BCUT2D eigenvalue weighted by Gasteiger charge is 2.21. The molecule has 0 aliphatic carbocycles. The van der Waals surface area contributed by atoms with Gasteiger partial charge in [-0.15, -0.1) is 11.3 Å². The number of rotatable bonds is 5. The van der Waals surface area contributed by atoms with Crippen molar-refractivity contribution in [3.8, 4) is 54.3 Å². The highest BCUT2D eigenvalue weighted by Crippen LogP contribution is 2.50. The average Bonchev–Trinajstić information content (AvgIpc) is 3.70. The van der Waals surface area contributed by atoms with Gasteiger partial charge in [0.15, 0.2) is 0 Å². The number of furan rings is 1. The number of para-hydroxylation sites is 1. The molecule has 9 aromatic rings. The third-order valence-electron chi connectivity index (χ3n) is 8.94. The van der Waals surface area contributed by atoms with Gasteiger partial charge in [-0.1, -0.05) is 152 Å². The maximum Gasteiger partial charge on any atom is 0.135 e. The molecule has 0 radical (unpaired) electrons. The zero-order chi connectivity index (χ0) is 30.5. The van der Waals surface area contributed by atoms with Gasteiger partial charge in [0.25, 0.3) is 0 Å². The number of thiophene rings is 1. The van der Waals surface area contributed by atoms with Crippen LogP contribution in [0.2, 0.25) is 0 Å². The van der Waals surface area contributed by atoms with E-state index in [1.54, 1.807) is 0 Å². The molecule has 0 spiro atoms. The third-order valence-corrected chi connectivity index (χ3v) is 10.2. The second-order valence-electron chi connectivity index (χ2n) is 11.6. The van der Waals surface area contributed by atoms with Gasteiger partial charge in [-0.05, 0) is 51.6 Å². The summed E-state index contributed by atoms with van der Waals surface area (Å²) >= 11 is 1.89. The monoisotopic (exact) mass is 604 g/mol. The fraction of sp³-hybridized carbons (Fsp3) is 0. The van der Waals surface area contributed by atoms with Crippen molar-refractivity contribution in [3.63, 3.8) is 0 Å². The van der Waals surface area contributed by atoms with E-state index in [9.17, 15) is 0 Å². The lowest BCUT2D eigenvalue weighted by Gasteiger charge is -2.16. The minimum absolute atomic E-state index is 0.910. The van der Waals surface area contributed by atoms with Gasteiger partial charge < -0.3 is 4.42 Å². The van der Waals surface area contributed by atoms with Crippen molar-refractivity contribution < 1.29 is 4.42 Å². The number of hydrogen-bond acceptors (Lipinski definition) is 2. The first-order valence-corrected chi connectivity index (χ1v) is 16.4. The maximum absolute atomic E-state index is 6.19. The fourth-order valence-corrected chi connectivity index (χ4v) is 8.18. The molecule has 2 aromatic heterocycles. The van der Waals surface area contributed by atoms with Gasteiger partial charge in [-0.3, -0.25) is 0 Å². The highest BCUT2D eigenvalue weighted by atomic mass is 32.1. The Morgan fingerprint density at radius 1 is 0.326 bits per heavy atom. The summed E-state index contributed by atoms with van der Waals surface area (Å²) in [5, 5.41) is 4.83. The lowest BCUT2D eigenvalue weighted by Crippen LogP contribution is -1.89. The lowest BCUT2D eigenvalue weighted by molar-refractivity contribution is 0.669. The maximum atomic E-state index is 6.19. The predicted molar refractivity (Wildman–Crippen MR) is 196 cm³/mol. The van der Waals surface area contributed by atoms with Crippen LogP contribution in [-0.2, 0) is 0 Å². The highest BCUT2D eigenvalue weighted by molar-refractivity contribution is 7.21. The summed E-state index contributed by atoms with van der Waals surface area (Å²) < 4.78 is 6.19. The standard InChI is InChI=1S/C44H28OS/c1-3-14-29(15-4-1)32-18-7-8-20-35(32)43-36-21-9-10-22-37(36)44(46-43)38-24-13-23-33(42(38)30-16-5-2-6-17-30)31-26-27-41-39(28-31)34-19-11-12-25-40(34)45-41/h1-28H. The molecule has 9 rings (SSSR count). The zero-order valence-corrected chi connectivity index (χ0v) is 25.8. The van der Waals surface area contributed by atoms with Crippen LogP contribution in [0.4, 0.5) is 0 Å². The van der Waals surface area contributed by atoms with Gasteiger partial charge >= 0.3 is 0 Å². The molecular formula is C44H28OS. The van der Waals surface area contributed by atoms with E-state index in [1.165, 1.54) is 65.0 Å². The van der Waals surface area contributed by atoms with Crippen LogP contribution in [0, 0.1) is 0 Å². The van der Waals surface area contributed by atoms with Crippen LogP contribution in [0.1, 0.15) is 0 Å². The molecule has 0 saturated heterocycles. The molecule has 0 amide bonds. The van der Waals surface area contributed by atoms with Crippen LogP contribution in [-0.4, -0.2) is 0 Å². The van der Waals surface area contributed by atoms with Gasteiger partial charge in [0.1, 0.15) is 11.2 Å². The Balaban J connectivity index is 1.31. The summed E-state index contributed by atoms with van der Waals surface area (Å²) in [6.07, 6.45) is 0. The van der Waals surface area contributed by atoms with Crippen molar-refractivity contribution in [3.05, 3.63) is 170 Å². The molecule has 2 heteroatoms. The van der Waals surface area contributed by atoms with Crippen molar-refractivity contribution in [2.75, 3.05) is 0 Å². The van der Waals surface area contributed by atoms with Crippen LogP contribution >= 0.6 is 11.3 Å². The van der Waals surface area contributed by atoms with E-state index >= 15 is 0 Å². The molecular weight excluding hydrogens is 577 g/mol. The first-order valence-electron chi connectivity index (χ1n) is 15.6. The van der Waals surface area contributed by atoms with Crippen molar-refractivity contribution in [2.45, 2.75) is 0 Å². The Kier molecular flexibility index (Phi) is 6.40. The van der Waals surface area contributed by atoms with Crippen LogP contribution < -0.4 is 0 Å². The number of fused-ring (bicyclic) bond motifs is 4. The fourth-order valence-electron chi connectivity index (χ4n) is 6.83. The van der Waals surface area contributed by atoms with E-state index in [2.05, 4.69) is 158 Å². The molecule has 216 valence electrons. The normalized spacial score (nSPS) is 11.5. The summed E-state index contributed by atoms with van der Waals surface area (Å²) in [7, 11) is 0. The molecule has 2 heterocycles. The van der Waals surface area contributed by atoms with E-state index in [0.717, 1.165) is 21.9 Å².